The maximum Gasteiger partial charge on any atom is 0.281 e. The molecule has 1 atom stereocenters. The van der Waals surface area contributed by atoms with Crippen LogP contribution in [0.5, 0.6) is 0 Å². The van der Waals surface area contributed by atoms with Gasteiger partial charge in [0.05, 0.1) is 6.10 Å². The zero-order chi connectivity index (χ0) is 13.9. The Bertz CT molecular complexity index is 379. The second kappa shape index (κ2) is 6.49. The summed E-state index contributed by atoms with van der Waals surface area (Å²) in [5.41, 5.74) is 0. The topological polar surface area (TPSA) is 70.1 Å². The second-order valence-corrected chi connectivity index (χ2v) is 7.32. The fourth-order valence-electron chi connectivity index (χ4n) is 2.85. The number of methoxy groups -OCH3 is 1. The molecule has 6 nitrogen and oxygen atoms in total. The molecule has 0 aliphatic carbocycles. The normalized spacial score (nSPS) is 28.6. The molecule has 112 valence electrons. The van der Waals surface area contributed by atoms with E-state index in [1.165, 1.54) is 4.31 Å². The van der Waals surface area contributed by atoms with E-state index in [2.05, 4.69) is 0 Å². The summed E-state index contributed by atoms with van der Waals surface area (Å²) in [6.45, 7) is 2.14. The van der Waals surface area contributed by atoms with Gasteiger partial charge in [0.1, 0.15) is 0 Å². The average Bonchev–Trinajstić information content (AvgIpc) is 2.47. The number of hydrogen-bond donors (Lipinski definition) is 1. The van der Waals surface area contributed by atoms with Gasteiger partial charge in [-0.15, -0.1) is 0 Å². The Morgan fingerprint density at radius 1 is 1.16 bits per heavy atom. The number of piperidine rings is 2. The van der Waals surface area contributed by atoms with Crippen LogP contribution in [0.3, 0.4) is 0 Å². The van der Waals surface area contributed by atoms with Crippen molar-refractivity contribution in [3.05, 3.63) is 0 Å². The summed E-state index contributed by atoms with van der Waals surface area (Å²) in [5.74, 6) is 0.0834. The Balaban J connectivity index is 1.98. The molecule has 1 unspecified atom stereocenters. The van der Waals surface area contributed by atoms with Crippen molar-refractivity contribution in [3.63, 3.8) is 0 Å². The first kappa shape index (κ1) is 15.2. The fraction of sp³-hybridized carbons (Fsp3) is 1.00. The molecule has 0 spiro atoms. The molecular weight excluding hydrogens is 268 g/mol. The summed E-state index contributed by atoms with van der Waals surface area (Å²) in [6, 6.07) is 0. The molecule has 0 saturated carbocycles. The van der Waals surface area contributed by atoms with E-state index in [1.807, 2.05) is 0 Å². The standard InChI is InChI=1S/C12H24N2O4S/c1-18-12-4-7-13(8-5-12)19(16,17)14-6-2-3-11(9-14)10-15/h11-12,15H,2-10H2,1H3. The first-order valence-electron chi connectivity index (χ1n) is 6.96. The minimum Gasteiger partial charge on any atom is -0.396 e. The highest BCUT2D eigenvalue weighted by molar-refractivity contribution is 7.86. The smallest absolute Gasteiger partial charge is 0.281 e. The molecule has 2 aliphatic rings. The van der Waals surface area contributed by atoms with Crippen LogP contribution < -0.4 is 0 Å². The molecule has 0 bridgehead atoms. The van der Waals surface area contributed by atoms with E-state index in [9.17, 15) is 13.5 Å². The molecule has 0 aromatic rings. The third-order valence-corrected chi connectivity index (χ3v) is 6.13. The van der Waals surface area contributed by atoms with E-state index < -0.39 is 10.2 Å². The third kappa shape index (κ3) is 3.46. The van der Waals surface area contributed by atoms with Gasteiger partial charge in [-0.2, -0.15) is 17.0 Å². The van der Waals surface area contributed by atoms with Crippen molar-refractivity contribution < 1.29 is 18.3 Å². The molecule has 0 aromatic heterocycles. The summed E-state index contributed by atoms with van der Waals surface area (Å²) in [7, 11) is -1.69. The van der Waals surface area contributed by atoms with Crippen molar-refractivity contribution in [2.45, 2.75) is 31.8 Å². The van der Waals surface area contributed by atoms with Gasteiger partial charge in [-0.25, -0.2) is 0 Å². The van der Waals surface area contributed by atoms with E-state index >= 15 is 0 Å². The number of hydrogen-bond acceptors (Lipinski definition) is 4. The monoisotopic (exact) mass is 292 g/mol. The predicted molar refractivity (Wildman–Crippen MR) is 71.9 cm³/mol. The van der Waals surface area contributed by atoms with Crippen LogP contribution >= 0.6 is 0 Å². The van der Waals surface area contributed by atoms with Crippen molar-refractivity contribution in [1.82, 2.24) is 8.61 Å². The number of rotatable bonds is 4. The molecule has 7 heteroatoms. The molecule has 1 N–H and O–H groups in total. The lowest BCUT2D eigenvalue weighted by atomic mass is 10.0. The molecule has 0 amide bonds. The minimum atomic E-state index is -3.36. The summed E-state index contributed by atoms with van der Waals surface area (Å²) in [6.07, 6.45) is 3.44. The zero-order valence-electron chi connectivity index (χ0n) is 11.5. The van der Waals surface area contributed by atoms with Gasteiger partial charge in [0, 0.05) is 39.9 Å². The van der Waals surface area contributed by atoms with Crippen LogP contribution in [0.2, 0.25) is 0 Å². The van der Waals surface area contributed by atoms with Crippen molar-refractivity contribution in [1.29, 1.82) is 0 Å². The first-order chi connectivity index (χ1) is 9.07. The Kier molecular flexibility index (Phi) is 5.19. The lowest BCUT2D eigenvalue weighted by molar-refractivity contribution is 0.0583. The van der Waals surface area contributed by atoms with Gasteiger partial charge in [-0.3, -0.25) is 0 Å². The maximum atomic E-state index is 12.5. The number of ether oxygens (including phenoxy) is 1. The highest BCUT2D eigenvalue weighted by atomic mass is 32.2. The van der Waals surface area contributed by atoms with Gasteiger partial charge in [-0.1, -0.05) is 0 Å². The Morgan fingerprint density at radius 2 is 1.84 bits per heavy atom. The number of nitrogens with zero attached hydrogens (tertiary/aromatic N) is 2. The van der Waals surface area contributed by atoms with E-state index in [4.69, 9.17) is 4.74 Å². The van der Waals surface area contributed by atoms with Crippen molar-refractivity contribution in [2.75, 3.05) is 39.9 Å². The molecule has 2 aliphatic heterocycles. The Labute approximate surface area is 115 Å². The van der Waals surface area contributed by atoms with E-state index in [0.29, 0.717) is 26.2 Å². The highest BCUT2D eigenvalue weighted by Crippen LogP contribution is 2.23. The lowest BCUT2D eigenvalue weighted by Gasteiger charge is -2.37. The van der Waals surface area contributed by atoms with Gasteiger partial charge < -0.3 is 9.84 Å². The molecular formula is C12H24N2O4S. The summed E-state index contributed by atoms with van der Waals surface area (Å²) in [5, 5.41) is 9.20. The van der Waals surface area contributed by atoms with Crippen LogP contribution in [0.4, 0.5) is 0 Å². The minimum absolute atomic E-state index is 0.0672. The number of aliphatic hydroxyl groups excluding tert-OH is 1. The van der Waals surface area contributed by atoms with Gasteiger partial charge in [-0.05, 0) is 31.6 Å². The third-order valence-electron chi connectivity index (χ3n) is 4.13. The summed E-state index contributed by atoms with van der Waals surface area (Å²) < 4.78 is 33.4. The van der Waals surface area contributed by atoms with Crippen LogP contribution in [0.25, 0.3) is 0 Å². The van der Waals surface area contributed by atoms with E-state index in [1.54, 1.807) is 11.4 Å². The van der Waals surface area contributed by atoms with Crippen molar-refractivity contribution in [3.8, 4) is 0 Å². The maximum absolute atomic E-state index is 12.5. The Morgan fingerprint density at radius 3 is 2.42 bits per heavy atom. The van der Waals surface area contributed by atoms with Crippen molar-refractivity contribution in [2.24, 2.45) is 5.92 Å². The van der Waals surface area contributed by atoms with E-state index in [-0.39, 0.29) is 18.6 Å². The van der Waals surface area contributed by atoms with Crippen LogP contribution in [-0.2, 0) is 14.9 Å². The van der Waals surface area contributed by atoms with Crippen LogP contribution in [0.15, 0.2) is 0 Å². The first-order valence-corrected chi connectivity index (χ1v) is 8.36. The van der Waals surface area contributed by atoms with Gasteiger partial charge >= 0.3 is 0 Å². The molecule has 19 heavy (non-hydrogen) atoms. The van der Waals surface area contributed by atoms with Gasteiger partial charge in [0.2, 0.25) is 0 Å². The van der Waals surface area contributed by atoms with Crippen LogP contribution in [0, 0.1) is 5.92 Å². The average molecular weight is 292 g/mol. The molecule has 2 heterocycles. The molecule has 0 radical (unpaired) electrons. The summed E-state index contributed by atoms with van der Waals surface area (Å²) in [4.78, 5) is 0. The van der Waals surface area contributed by atoms with Crippen LogP contribution in [0.1, 0.15) is 25.7 Å². The highest BCUT2D eigenvalue weighted by Gasteiger charge is 2.35. The van der Waals surface area contributed by atoms with Gasteiger partial charge in [0.15, 0.2) is 0 Å². The Hall–Kier alpha value is -0.210. The predicted octanol–water partition coefficient (Wildman–Crippen LogP) is 0.0463. The molecule has 2 saturated heterocycles. The SMILES string of the molecule is COC1CCN(S(=O)(=O)N2CCCC(CO)C2)CC1. The number of aliphatic hydroxyl groups is 1. The fourth-order valence-corrected chi connectivity index (χ4v) is 4.61. The quantitative estimate of drug-likeness (QED) is 0.794. The lowest BCUT2D eigenvalue weighted by Crippen LogP contribution is -2.51. The zero-order valence-corrected chi connectivity index (χ0v) is 12.3. The molecule has 2 rings (SSSR count). The van der Waals surface area contributed by atoms with Crippen LogP contribution in [-0.4, -0.2) is 68.1 Å². The summed E-state index contributed by atoms with van der Waals surface area (Å²) >= 11 is 0. The second-order valence-electron chi connectivity index (χ2n) is 5.39. The van der Waals surface area contributed by atoms with Crippen molar-refractivity contribution >= 4 is 10.2 Å². The largest absolute Gasteiger partial charge is 0.396 e. The molecule has 0 aromatic carbocycles. The molecule has 2 fully saturated rings. The van der Waals surface area contributed by atoms with Gasteiger partial charge in [0.25, 0.3) is 10.2 Å². The van der Waals surface area contributed by atoms with E-state index in [0.717, 1.165) is 25.7 Å².